The highest BCUT2D eigenvalue weighted by Crippen LogP contribution is 2.33. The number of rotatable bonds is 13. The number of carbonyl (C=O) groups is 4. The van der Waals surface area contributed by atoms with Gasteiger partial charge >= 0.3 is 6.03 Å². The number of hydrogen-bond donors (Lipinski definition) is 6. The molecule has 2 aliphatic rings. The van der Waals surface area contributed by atoms with Crippen molar-refractivity contribution in [1.29, 1.82) is 0 Å². The van der Waals surface area contributed by atoms with Gasteiger partial charge in [-0.1, -0.05) is 6.42 Å². The first-order valence-electron chi connectivity index (χ1n) is 13.5. The van der Waals surface area contributed by atoms with E-state index in [9.17, 15) is 19.2 Å². The summed E-state index contributed by atoms with van der Waals surface area (Å²) in [5, 5.41) is 12.0. The van der Waals surface area contributed by atoms with Crippen molar-refractivity contribution in [3.8, 4) is 0 Å². The number of hydrogen-bond acceptors (Lipinski definition) is 7. The van der Waals surface area contributed by atoms with E-state index < -0.39 is 0 Å². The van der Waals surface area contributed by atoms with Gasteiger partial charge in [-0.2, -0.15) is 11.8 Å². The summed E-state index contributed by atoms with van der Waals surface area (Å²) in [4.78, 5) is 51.4. The quantitative estimate of drug-likeness (QED) is 0.121. The van der Waals surface area contributed by atoms with Gasteiger partial charge in [0.25, 0.3) is 11.8 Å². The van der Waals surface area contributed by atoms with Crippen LogP contribution < -0.4 is 32.7 Å². The Morgan fingerprint density at radius 2 is 1.40 bits per heavy atom. The fourth-order valence-electron chi connectivity index (χ4n) is 4.87. The lowest BCUT2D eigenvalue weighted by Gasteiger charge is -2.23. The third kappa shape index (κ3) is 8.04. The Hall–Kier alpha value is -3.93. The molecule has 5 amide bonds. The van der Waals surface area contributed by atoms with E-state index >= 15 is 0 Å². The smallest absolute Gasteiger partial charge is 0.315 e. The van der Waals surface area contributed by atoms with E-state index in [1.165, 1.54) is 0 Å². The summed E-state index contributed by atoms with van der Waals surface area (Å²) < 4.78 is 0. The molecule has 4 rings (SSSR count). The van der Waals surface area contributed by atoms with Crippen LogP contribution in [0, 0.1) is 0 Å². The molecule has 11 nitrogen and oxygen atoms in total. The van der Waals surface area contributed by atoms with Crippen molar-refractivity contribution in [1.82, 2.24) is 26.2 Å². The molecule has 0 spiro atoms. The van der Waals surface area contributed by atoms with Gasteiger partial charge in [-0.15, -0.1) is 0 Å². The fourth-order valence-corrected chi connectivity index (χ4v) is 6.41. The van der Waals surface area contributed by atoms with Crippen LogP contribution in [0.3, 0.4) is 0 Å². The predicted molar refractivity (Wildman–Crippen MR) is 157 cm³/mol. The number of unbranched alkanes of at least 4 members (excludes halogenated alkanes) is 1. The Bertz CT molecular complexity index is 1130. The minimum atomic E-state index is -0.245. The predicted octanol–water partition coefficient (Wildman–Crippen LogP) is 1.57. The maximum absolute atomic E-state index is 13.1. The van der Waals surface area contributed by atoms with Gasteiger partial charge in [0.1, 0.15) is 0 Å². The Balaban J connectivity index is 1.24. The fraction of sp³-hybridized carbons (Fsp3) is 0.429. The van der Waals surface area contributed by atoms with Crippen molar-refractivity contribution in [3.63, 3.8) is 0 Å². The van der Waals surface area contributed by atoms with E-state index in [0.29, 0.717) is 47.3 Å². The van der Waals surface area contributed by atoms with Gasteiger partial charge < -0.3 is 37.6 Å². The first kappa shape index (κ1) is 29.1. The van der Waals surface area contributed by atoms with E-state index in [4.69, 9.17) is 11.5 Å². The largest absolute Gasteiger partial charge is 0.399 e. The van der Waals surface area contributed by atoms with Gasteiger partial charge in [-0.3, -0.25) is 14.4 Å². The molecule has 2 aromatic carbocycles. The van der Waals surface area contributed by atoms with E-state index in [0.717, 1.165) is 25.0 Å². The molecule has 3 atom stereocenters. The topological polar surface area (TPSA) is 172 Å². The van der Waals surface area contributed by atoms with Crippen LogP contribution in [-0.2, 0) is 4.79 Å². The standard InChI is InChI=1S/C28H37N7O4S/c29-20-9-5-18(6-10-20)26(37)31-13-15-35(16-14-32-27(38)19-7-11-21(30)12-8-19)24(36)4-2-1-3-23-25-22(17-40-23)33-28(39)34-25/h5-12,22-23,25H,1-4,13-17,29-30H2,(H,31,37)(H,32,38)(H2,33,34,39)/t22-,23?,25-/m1/s1. The molecule has 8 N–H and O–H groups in total. The molecule has 1 unspecified atom stereocenters. The highest BCUT2D eigenvalue weighted by atomic mass is 32.2. The van der Waals surface area contributed by atoms with Gasteiger partial charge in [0, 0.05) is 66.1 Å². The molecule has 2 aliphatic heterocycles. The first-order valence-corrected chi connectivity index (χ1v) is 14.6. The number of fused-ring (bicyclic) bond motifs is 1. The molecule has 214 valence electrons. The minimum absolute atomic E-state index is 0.0312. The molecule has 2 fully saturated rings. The van der Waals surface area contributed by atoms with Crippen LogP contribution in [0.1, 0.15) is 46.4 Å². The average molecular weight is 568 g/mol. The lowest BCUT2D eigenvalue weighted by molar-refractivity contribution is -0.131. The number of nitrogen functional groups attached to an aromatic ring is 2. The van der Waals surface area contributed by atoms with Crippen molar-refractivity contribution < 1.29 is 19.2 Å². The number of carbonyl (C=O) groups excluding carboxylic acids is 4. The Labute approximate surface area is 238 Å². The number of amides is 5. The minimum Gasteiger partial charge on any atom is -0.399 e. The summed E-state index contributed by atoms with van der Waals surface area (Å²) >= 11 is 1.86. The summed E-state index contributed by atoms with van der Waals surface area (Å²) in [6.07, 6.45) is 2.89. The SMILES string of the molecule is Nc1ccc(C(=O)NCCN(CCNC(=O)c2ccc(N)cc2)C(=O)CCCCC2SC[C@H]3NC(=O)N[C@@H]23)cc1. The average Bonchev–Trinajstić information content (AvgIpc) is 3.49. The molecule has 0 aromatic heterocycles. The molecule has 12 heteroatoms. The molecule has 0 aliphatic carbocycles. The third-order valence-corrected chi connectivity index (χ3v) is 8.61. The van der Waals surface area contributed by atoms with Crippen molar-refractivity contribution in [3.05, 3.63) is 59.7 Å². The molecule has 2 aromatic rings. The van der Waals surface area contributed by atoms with E-state index in [2.05, 4.69) is 21.3 Å². The van der Waals surface area contributed by atoms with Crippen molar-refractivity contribution in [2.45, 2.75) is 43.0 Å². The molecule has 2 saturated heterocycles. The number of thioether (sulfide) groups is 1. The number of urea groups is 1. The van der Waals surface area contributed by atoms with Crippen LogP contribution in [0.5, 0.6) is 0 Å². The number of benzene rings is 2. The Kier molecular flexibility index (Phi) is 10.1. The summed E-state index contributed by atoms with van der Waals surface area (Å²) in [6, 6.07) is 13.5. The second-order valence-electron chi connectivity index (χ2n) is 10.0. The molecule has 0 bridgehead atoms. The van der Waals surface area contributed by atoms with E-state index in [-0.39, 0.29) is 48.9 Å². The lowest BCUT2D eigenvalue weighted by atomic mass is 10.0. The van der Waals surface area contributed by atoms with Gasteiger partial charge in [0.2, 0.25) is 5.91 Å². The zero-order valence-corrected chi connectivity index (χ0v) is 23.2. The summed E-state index contributed by atoms with van der Waals surface area (Å²) in [6.45, 7) is 1.18. The van der Waals surface area contributed by atoms with Crippen LogP contribution in [-0.4, -0.2) is 77.9 Å². The highest BCUT2D eigenvalue weighted by Gasteiger charge is 2.42. The van der Waals surface area contributed by atoms with Crippen LogP contribution in [0.15, 0.2) is 48.5 Å². The Morgan fingerprint density at radius 3 is 1.95 bits per heavy atom. The number of anilines is 2. The maximum Gasteiger partial charge on any atom is 0.315 e. The maximum atomic E-state index is 13.1. The second-order valence-corrected chi connectivity index (χ2v) is 11.3. The van der Waals surface area contributed by atoms with Gasteiger partial charge in [-0.05, 0) is 61.4 Å². The van der Waals surface area contributed by atoms with Crippen LogP contribution >= 0.6 is 11.8 Å². The normalized spacial score (nSPS) is 19.3. The zero-order valence-electron chi connectivity index (χ0n) is 22.4. The Morgan fingerprint density at radius 1 is 0.850 bits per heavy atom. The van der Waals surface area contributed by atoms with Crippen molar-refractivity contribution in [2.24, 2.45) is 0 Å². The molecule has 2 heterocycles. The number of nitrogens with one attached hydrogen (secondary N) is 4. The summed E-state index contributed by atoms with van der Waals surface area (Å²) in [5.41, 5.74) is 13.5. The van der Waals surface area contributed by atoms with Crippen molar-refractivity contribution >= 4 is 46.9 Å². The summed E-state index contributed by atoms with van der Waals surface area (Å²) in [5.74, 6) is 0.386. The molecule has 0 saturated carbocycles. The molecule has 40 heavy (non-hydrogen) atoms. The third-order valence-electron chi connectivity index (χ3n) is 7.10. The first-order chi connectivity index (χ1) is 19.3. The summed E-state index contributed by atoms with van der Waals surface area (Å²) in [7, 11) is 0. The van der Waals surface area contributed by atoms with Gasteiger partial charge in [-0.25, -0.2) is 4.79 Å². The van der Waals surface area contributed by atoms with Gasteiger partial charge in [0.05, 0.1) is 12.1 Å². The second kappa shape index (κ2) is 13.9. The van der Waals surface area contributed by atoms with Crippen LogP contribution in [0.4, 0.5) is 16.2 Å². The number of nitrogens with two attached hydrogens (primary N) is 2. The van der Waals surface area contributed by atoms with Crippen LogP contribution in [0.2, 0.25) is 0 Å². The monoisotopic (exact) mass is 567 g/mol. The molecular formula is C28H37N7O4S. The van der Waals surface area contributed by atoms with Gasteiger partial charge in [0.15, 0.2) is 0 Å². The number of nitrogens with zero attached hydrogens (tertiary/aromatic N) is 1. The molecule has 0 radical (unpaired) electrons. The lowest BCUT2D eigenvalue weighted by Crippen LogP contribution is -2.42. The zero-order chi connectivity index (χ0) is 28.5. The highest BCUT2D eigenvalue weighted by molar-refractivity contribution is 8.00. The van der Waals surface area contributed by atoms with Crippen molar-refractivity contribution in [2.75, 3.05) is 43.4 Å². The van der Waals surface area contributed by atoms with Crippen LogP contribution in [0.25, 0.3) is 0 Å². The van der Waals surface area contributed by atoms with E-state index in [1.54, 1.807) is 53.4 Å². The van der Waals surface area contributed by atoms with E-state index in [1.807, 2.05) is 11.8 Å². The molecular weight excluding hydrogens is 530 g/mol.